The fraction of sp³-hybridized carbons (Fsp3) is 0.314. The van der Waals surface area contributed by atoms with E-state index in [0.717, 1.165) is 26.2 Å². The van der Waals surface area contributed by atoms with Gasteiger partial charge in [-0.1, -0.05) is 72.8 Å². The molecule has 2 aliphatic rings. The highest BCUT2D eigenvalue weighted by Crippen LogP contribution is 2.39. The zero-order valence-corrected chi connectivity index (χ0v) is 25.9. The lowest BCUT2D eigenvalue weighted by atomic mass is 9.80. The predicted octanol–water partition coefficient (Wildman–Crippen LogP) is 3.45. The lowest BCUT2D eigenvalue weighted by molar-refractivity contribution is -0.991. The van der Waals surface area contributed by atoms with Gasteiger partial charge in [0.2, 0.25) is 0 Å². The van der Waals surface area contributed by atoms with Gasteiger partial charge in [-0.2, -0.15) is 5.23 Å². The Balaban J connectivity index is 1.25. The summed E-state index contributed by atoms with van der Waals surface area (Å²) in [4.78, 5) is 31.3. The Morgan fingerprint density at radius 1 is 0.889 bits per heavy atom. The second-order valence-corrected chi connectivity index (χ2v) is 11.3. The molecule has 3 N–H and O–H groups in total. The van der Waals surface area contributed by atoms with Crippen LogP contribution in [0.1, 0.15) is 42.5 Å². The molecule has 0 bridgehead atoms. The number of hydrogen-bond donors (Lipinski definition) is 3. The van der Waals surface area contributed by atoms with E-state index in [1.165, 1.54) is 30.4 Å². The van der Waals surface area contributed by atoms with Crippen LogP contribution in [0.4, 0.5) is 5.69 Å². The number of rotatable bonds is 10. The minimum Gasteiger partial charge on any atom is -0.595 e. The smallest absolute Gasteiger partial charge is 0.336 e. The van der Waals surface area contributed by atoms with E-state index in [0.29, 0.717) is 23.5 Å². The summed E-state index contributed by atoms with van der Waals surface area (Å²) in [5.41, 5.74) is 4.62. The van der Waals surface area contributed by atoms with E-state index in [2.05, 4.69) is 63.6 Å². The van der Waals surface area contributed by atoms with Crippen LogP contribution in [0.25, 0.3) is 0 Å². The number of esters is 2. The van der Waals surface area contributed by atoms with Gasteiger partial charge in [-0.25, -0.2) is 14.8 Å². The molecule has 2 aliphatic heterocycles. The molecule has 0 aromatic heterocycles. The van der Waals surface area contributed by atoms with Crippen molar-refractivity contribution in [3.8, 4) is 0 Å². The highest BCUT2D eigenvalue weighted by molar-refractivity contribution is 5.99. The van der Waals surface area contributed by atoms with Crippen molar-refractivity contribution >= 4 is 17.6 Å². The largest absolute Gasteiger partial charge is 0.595 e. The first-order valence-electron chi connectivity index (χ1n) is 15.1. The Morgan fingerprint density at radius 2 is 1.47 bits per heavy atom. The van der Waals surface area contributed by atoms with Crippen molar-refractivity contribution in [3.05, 3.63) is 129 Å². The van der Waals surface area contributed by atoms with Crippen molar-refractivity contribution in [2.45, 2.75) is 25.8 Å². The van der Waals surface area contributed by atoms with Gasteiger partial charge in [0.15, 0.2) is 5.69 Å². The molecule has 2 heterocycles. The molecule has 0 radical (unpaired) electrons. The van der Waals surface area contributed by atoms with E-state index in [4.69, 9.17) is 9.47 Å². The standard InChI is InChI=1S/C35H40N4O6/c1-24-30(34(40)44-3)32(28-15-10-16-29(23-28)39(42)43)31(25(2)36-24)35(41)45-22-21-37-17-19-38(20-18-37)33(26-11-6-4-7-12-26)27-13-8-5-9-14-27/h4-16,23,32-33,36,39,42H,17-22H2,1-3H3. The Morgan fingerprint density at radius 3 is 2.02 bits per heavy atom. The second kappa shape index (κ2) is 14.6. The first-order chi connectivity index (χ1) is 21.8. The van der Waals surface area contributed by atoms with Crippen LogP contribution < -0.4 is 10.5 Å². The number of allylic oxidation sites excluding steroid dienone is 2. The summed E-state index contributed by atoms with van der Waals surface area (Å²) in [6, 6.07) is 27.5. The van der Waals surface area contributed by atoms with Gasteiger partial charge in [0.05, 0.1) is 30.2 Å². The van der Waals surface area contributed by atoms with Gasteiger partial charge in [-0.3, -0.25) is 9.80 Å². The Bertz CT molecular complexity index is 1510. The molecule has 0 saturated carbocycles. The minimum atomic E-state index is -1.10. The SMILES string of the molecule is COC(=O)C1=C(C)NC(C)=C(C(=O)OCCN2CCN(C(c3ccccc3)c3ccccc3)CC2)C1c1cccc([NH+]([O-])O)c1. The van der Waals surface area contributed by atoms with Crippen LogP contribution in [-0.2, 0) is 19.1 Å². The van der Waals surface area contributed by atoms with Crippen molar-refractivity contribution in [2.24, 2.45) is 0 Å². The van der Waals surface area contributed by atoms with Crippen LogP contribution in [0.2, 0.25) is 0 Å². The third kappa shape index (κ3) is 7.33. The molecule has 236 valence electrons. The molecule has 0 aliphatic carbocycles. The van der Waals surface area contributed by atoms with E-state index in [-0.39, 0.29) is 29.5 Å². The summed E-state index contributed by atoms with van der Waals surface area (Å²) in [5, 5.41) is 23.3. The van der Waals surface area contributed by atoms with Gasteiger partial charge < -0.3 is 20.0 Å². The number of methoxy groups -OCH3 is 1. The third-order valence-corrected chi connectivity index (χ3v) is 8.50. The van der Waals surface area contributed by atoms with Crippen molar-refractivity contribution in [1.82, 2.24) is 15.1 Å². The zero-order chi connectivity index (χ0) is 31.9. The molecule has 5 rings (SSSR count). The number of quaternary nitrogens is 1. The monoisotopic (exact) mass is 612 g/mol. The highest BCUT2D eigenvalue weighted by atomic mass is 16.8. The van der Waals surface area contributed by atoms with E-state index in [1.54, 1.807) is 26.0 Å². The summed E-state index contributed by atoms with van der Waals surface area (Å²) >= 11 is 0. The number of carbonyl (C=O) groups excluding carboxylic acids is 2. The fourth-order valence-electron chi connectivity index (χ4n) is 6.30. The molecule has 1 saturated heterocycles. The number of hydrogen-bond acceptors (Lipinski definition) is 9. The number of nitrogens with one attached hydrogen (secondary N) is 2. The molecule has 1 fully saturated rings. The summed E-state index contributed by atoms with van der Waals surface area (Å²) in [6.45, 7) is 7.61. The van der Waals surface area contributed by atoms with Gasteiger partial charge in [0, 0.05) is 56.3 Å². The van der Waals surface area contributed by atoms with Crippen LogP contribution in [-0.4, -0.2) is 73.4 Å². The summed E-state index contributed by atoms with van der Waals surface area (Å²) in [6.07, 6.45) is 0. The number of dihydropyridines is 1. The number of ether oxygens (including phenoxy) is 2. The number of benzene rings is 3. The second-order valence-electron chi connectivity index (χ2n) is 11.3. The van der Waals surface area contributed by atoms with Crippen molar-refractivity contribution in [3.63, 3.8) is 0 Å². The molecule has 45 heavy (non-hydrogen) atoms. The maximum atomic E-state index is 13.6. The molecule has 10 heteroatoms. The summed E-state index contributed by atoms with van der Waals surface area (Å²) < 4.78 is 10.9. The summed E-state index contributed by atoms with van der Waals surface area (Å²) in [7, 11) is 1.28. The average molecular weight is 613 g/mol. The third-order valence-electron chi connectivity index (χ3n) is 8.50. The number of nitrogens with zero attached hydrogens (tertiary/aromatic N) is 2. The molecule has 0 spiro atoms. The van der Waals surface area contributed by atoms with Crippen LogP contribution in [0.5, 0.6) is 0 Å². The fourth-order valence-corrected chi connectivity index (χ4v) is 6.30. The molecule has 3 aromatic carbocycles. The van der Waals surface area contributed by atoms with Gasteiger partial charge in [0.25, 0.3) is 0 Å². The first-order valence-corrected chi connectivity index (χ1v) is 15.1. The maximum Gasteiger partial charge on any atom is 0.336 e. The van der Waals surface area contributed by atoms with Crippen LogP contribution >= 0.6 is 0 Å². The molecule has 2 atom stereocenters. The quantitative estimate of drug-likeness (QED) is 0.234. The predicted molar refractivity (Wildman–Crippen MR) is 169 cm³/mol. The number of piperazine rings is 1. The Labute approximate surface area is 263 Å². The van der Waals surface area contributed by atoms with Gasteiger partial charge >= 0.3 is 11.9 Å². The maximum absolute atomic E-state index is 13.6. The minimum absolute atomic E-state index is 0.0548. The molecule has 2 unspecified atom stereocenters. The highest BCUT2D eigenvalue weighted by Gasteiger charge is 2.38. The zero-order valence-electron chi connectivity index (χ0n) is 25.9. The Hall–Kier alpha value is -4.32. The van der Waals surface area contributed by atoms with Crippen LogP contribution in [0.15, 0.2) is 107 Å². The molecule has 10 nitrogen and oxygen atoms in total. The average Bonchev–Trinajstić information content (AvgIpc) is 3.06. The molecular formula is C35H40N4O6. The van der Waals surface area contributed by atoms with E-state index >= 15 is 0 Å². The van der Waals surface area contributed by atoms with Crippen LogP contribution in [0, 0.1) is 5.21 Å². The molecular weight excluding hydrogens is 572 g/mol. The van der Waals surface area contributed by atoms with Gasteiger partial charge in [0.1, 0.15) is 6.61 Å². The van der Waals surface area contributed by atoms with E-state index in [1.807, 2.05) is 12.1 Å². The van der Waals surface area contributed by atoms with Gasteiger partial charge in [-0.15, -0.1) is 0 Å². The summed E-state index contributed by atoms with van der Waals surface area (Å²) in [5.74, 6) is -2.01. The van der Waals surface area contributed by atoms with Crippen LogP contribution in [0.3, 0.4) is 0 Å². The molecule has 3 aromatic rings. The Kier molecular flexibility index (Phi) is 10.4. The lowest BCUT2D eigenvalue weighted by Crippen LogP contribution is -2.99. The van der Waals surface area contributed by atoms with Crippen molar-refractivity contribution < 1.29 is 29.5 Å². The van der Waals surface area contributed by atoms with Crippen molar-refractivity contribution in [1.29, 1.82) is 0 Å². The molecule has 0 amide bonds. The first kappa shape index (κ1) is 32.1. The van der Waals surface area contributed by atoms with Crippen molar-refractivity contribution in [2.75, 3.05) is 46.4 Å². The van der Waals surface area contributed by atoms with E-state index < -0.39 is 23.1 Å². The lowest BCUT2D eigenvalue weighted by Gasteiger charge is -2.39. The van der Waals surface area contributed by atoms with E-state index in [9.17, 15) is 20.0 Å². The van der Waals surface area contributed by atoms with Gasteiger partial charge in [-0.05, 0) is 30.5 Å². The topological polar surface area (TPSA) is 119 Å². The normalized spacial score (nSPS) is 18.5. The number of carbonyl (C=O) groups is 2.